The first-order valence-electron chi connectivity index (χ1n) is 7.77. The lowest BCUT2D eigenvalue weighted by Crippen LogP contribution is -2.44. The van der Waals surface area contributed by atoms with Crippen molar-refractivity contribution in [1.29, 1.82) is 0 Å². The Morgan fingerprint density at radius 1 is 1.42 bits per heavy atom. The summed E-state index contributed by atoms with van der Waals surface area (Å²) in [4.78, 5) is 12.2. The summed E-state index contributed by atoms with van der Waals surface area (Å²) in [5.41, 5.74) is 1.71. The van der Waals surface area contributed by atoms with E-state index in [4.69, 9.17) is 4.74 Å². The predicted molar refractivity (Wildman–Crippen MR) is 96.6 cm³/mol. The van der Waals surface area contributed by atoms with Gasteiger partial charge < -0.3 is 20.5 Å². The van der Waals surface area contributed by atoms with E-state index in [-0.39, 0.29) is 18.6 Å². The van der Waals surface area contributed by atoms with Crippen LogP contribution in [0.25, 0.3) is 0 Å². The number of aryl methyl sites for hydroxylation is 1. The Labute approximate surface area is 146 Å². The number of carbonyl (C=O) groups excluding carboxylic acids is 1. The van der Waals surface area contributed by atoms with Gasteiger partial charge in [0.15, 0.2) is 0 Å². The third-order valence-electron chi connectivity index (χ3n) is 3.94. The number of carbonyl (C=O) groups is 1. The molecule has 2 amide bonds. The van der Waals surface area contributed by atoms with Crippen LogP contribution in [0.3, 0.4) is 0 Å². The zero-order valence-electron chi connectivity index (χ0n) is 14.4. The number of hydrogen-bond acceptors (Lipinski definition) is 4. The summed E-state index contributed by atoms with van der Waals surface area (Å²) in [6.45, 7) is 5.71. The Morgan fingerprint density at radius 2 is 2.17 bits per heavy atom. The SMILES string of the molecule is COc1ccc(C)cc1C(C)NC(=O)NCC(C)(O)c1ccsc1. The molecule has 2 aromatic rings. The van der Waals surface area contributed by atoms with Gasteiger partial charge in [-0.15, -0.1) is 0 Å². The second-order valence-electron chi connectivity index (χ2n) is 6.08. The van der Waals surface area contributed by atoms with Crippen molar-refractivity contribution in [2.45, 2.75) is 32.4 Å². The fourth-order valence-corrected chi connectivity index (χ4v) is 3.23. The van der Waals surface area contributed by atoms with E-state index in [1.54, 1.807) is 14.0 Å². The van der Waals surface area contributed by atoms with Crippen LogP contribution >= 0.6 is 11.3 Å². The van der Waals surface area contributed by atoms with Gasteiger partial charge in [-0.1, -0.05) is 17.7 Å². The summed E-state index contributed by atoms with van der Waals surface area (Å²) < 4.78 is 5.36. The first-order chi connectivity index (χ1) is 11.3. The van der Waals surface area contributed by atoms with E-state index in [0.717, 1.165) is 22.4 Å². The van der Waals surface area contributed by atoms with Gasteiger partial charge in [-0.05, 0) is 49.2 Å². The lowest BCUT2D eigenvalue weighted by atomic mass is 9.99. The second kappa shape index (κ2) is 7.68. The minimum absolute atomic E-state index is 0.132. The Hall–Kier alpha value is -2.05. The standard InChI is InChI=1S/C18H24N2O3S/c1-12-5-6-16(23-4)15(9-12)13(2)20-17(21)19-11-18(3,22)14-7-8-24-10-14/h5-10,13,22H,11H2,1-4H3,(H2,19,20,21). The van der Waals surface area contributed by atoms with E-state index in [0.29, 0.717) is 0 Å². The number of hydrogen-bond donors (Lipinski definition) is 3. The largest absolute Gasteiger partial charge is 0.496 e. The highest BCUT2D eigenvalue weighted by Gasteiger charge is 2.24. The molecule has 0 spiro atoms. The lowest BCUT2D eigenvalue weighted by Gasteiger charge is -2.24. The Balaban J connectivity index is 1.96. The van der Waals surface area contributed by atoms with Crippen molar-refractivity contribution in [1.82, 2.24) is 10.6 Å². The van der Waals surface area contributed by atoms with Crippen molar-refractivity contribution in [2.24, 2.45) is 0 Å². The summed E-state index contributed by atoms with van der Waals surface area (Å²) in [5, 5.41) is 19.8. The Kier molecular flexibility index (Phi) is 5.85. The molecule has 0 saturated heterocycles. The molecule has 1 aromatic heterocycles. The normalized spacial score (nSPS) is 14.5. The number of methoxy groups -OCH3 is 1. The molecule has 0 radical (unpaired) electrons. The minimum Gasteiger partial charge on any atom is -0.496 e. The van der Waals surface area contributed by atoms with Crippen LogP contribution in [0.15, 0.2) is 35.0 Å². The van der Waals surface area contributed by atoms with Crippen molar-refractivity contribution in [3.05, 3.63) is 51.7 Å². The molecule has 0 bridgehead atoms. The molecule has 130 valence electrons. The monoisotopic (exact) mass is 348 g/mol. The smallest absolute Gasteiger partial charge is 0.315 e. The fraction of sp³-hybridized carbons (Fsp3) is 0.389. The van der Waals surface area contributed by atoms with E-state index < -0.39 is 5.60 Å². The maximum atomic E-state index is 12.2. The van der Waals surface area contributed by atoms with Gasteiger partial charge in [0, 0.05) is 5.56 Å². The highest BCUT2D eigenvalue weighted by Crippen LogP contribution is 2.26. The number of benzene rings is 1. The number of urea groups is 1. The summed E-state index contributed by atoms with van der Waals surface area (Å²) in [7, 11) is 1.61. The number of thiophene rings is 1. The number of ether oxygens (including phenoxy) is 1. The lowest BCUT2D eigenvalue weighted by molar-refractivity contribution is 0.0597. The van der Waals surface area contributed by atoms with Crippen molar-refractivity contribution < 1.29 is 14.6 Å². The van der Waals surface area contributed by atoms with Crippen molar-refractivity contribution >= 4 is 17.4 Å². The third kappa shape index (κ3) is 4.49. The van der Waals surface area contributed by atoms with Crippen LogP contribution in [0.2, 0.25) is 0 Å². The van der Waals surface area contributed by atoms with Gasteiger partial charge in [-0.3, -0.25) is 0 Å². The maximum absolute atomic E-state index is 12.2. The second-order valence-corrected chi connectivity index (χ2v) is 6.86. The van der Waals surface area contributed by atoms with Crippen LogP contribution in [-0.4, -0.2) is 24.8 Å². The molecule has 1 heterocycles. The topological polar surface area (TPSA) is 70.6 Å². The summed E-state index contributed by atoms with van der Waals surface area (Å²) >= 11 is 1.51. The van der Waals surface area contributed by atoms with E-state index >= 15 is 0 Å². The molecule has 0 saturated carbocycles. The molecular formula is C18H24N2O3S. The Bertz CT molecular complexity index is 684. The van der Waals surface area contributed by atoms with Crippen LogP contribution in [0.4, 0.5) is 4.79 Å². The van der Waals surface area contributed by atoms with Gasteiger partial charge in [0.05, 0.1) is 19.7 Å². The molecule has 1 aromatic carbocycles. The van der Waals surface area contributed by atoms with E-state index in [1.165, 1.54) is 11.3 Å². The van der Waals surface area contributed by atoms with Crippen LogP contribution in [0, 0.1) is 6.92 Å². The molecule has 24 heavy (non-hydrogen) atoms. The fourth-order valence-electron chi connectivity index (χ4n) is 2.44. The van der Waals surface area contributed by atoms with Crippen LogP contribution < -0.4 is 15.4 Å². The van der Waals surface area contributed by atoms with Crippen LogP contribution in [-0.2, 0) is 5.60 Å². The van der Waals surface area contributed by atoms with Gasteiger partial charge in [-0.25, -0.2) is 4.79 Å². The molecule has 0 aliphatic carbocycles. The maximum Gasteiger partial charge on any atom is 0.315 e. The zero-order valence-corrected chi connectivity index (χ0v) is 15.2. The molecule has 2 unspecified atom stereocenters. The van der Waals surface area contributed by atoms with Gasteiger partial charge >= 0.3 is 6.03 Å². The highest BCUT2D eigenvalue weighted by atomic mass is 32.1. The van der Waals surface area contributed by atoms with Gasteiger partial charge in [0.25, 0.3) is 0 Å². The van der Waals surface area contributed by atoms with Crippen LogP contribution in [0.5, 0.6) is 5.75 Å². The van der Waals surface area contributed by atoms with Gasteiger partial charge in [-0.2, -0.15) is 11.3 Å². The number of amides is 2. The molecule has 5 nitrogen and oxygen atoms in total. The average molecular weight is 348 g/mol. The number of aliphatic hydroxyl groups is 1. The number of nitrogens with one attached hydrogen (secondary N) is 2. The van der Waals surface area contributed by atoms with Crippen molar-refractivity contribution in [3.63, 3.8) is 0 Å². The van der Waals surface area contributed by atoms with Crippen LogP contribution in [0.1, 0.15) is 36.6 Å². The Morgan fingerprint density at radius 3 is 2.79 bits per heavy atom. The minimum atomic E-state index is -1.10. The van der Waals surface area contributed by atoms with Crippen molar-refractivity contribution in [3.8, 4) is 5.75 Å². The van der Waals surface area contributed by atoms with Gasteiger partial charge in [0.1, 0.15) is 11.4 Å². The zero-order chi connectivity index (χ0) is 17.7. The molecule has 6 heteroatoms. The molecular weight excluding hydrogens is 324 g/mol. The number of rotatable bonds is 6. The molecule has 2 rings (SSSR count). The summed E-state index contributed by atoms with van der Waals surface area (Å²) in [5.74, 6) is 0.735. The molecule has 0 aliphatic rings. The van der Waals surface area contributed by atoms with Crippen molar-refractivity contribution in [2.75, 3.05) is 13.7 Å². The summed E-state index contributed by atoms with van der Waals surface area (Å²) in [6.07, 6.45) is 0. The first kappa shape index (κ1) is 18.3. The third-order valence-corrected chi connectivity index (χ3v) is 4.62. The van der Waals surface area contributed by atoms with E-state index in [9.17, 15) is 9.90 Å². The molecule has 2 atom stereocenters. The molecule has 0 aliphatic heterocycles. The van der Waals surface area contributed by atoms with E-state index in [2.05, 4.69) is 10.6 Å². The molecule has 3 N–H and O–H groups in total. The molecule has 0 fully saturated rings. The first-order valence-corrected chi connectivity index (χ1v) is 8.71. The highest BCUT2D eigenvalue weighted by molar-refractivity contribution is 7.08. The predicted octanol–water partition coefficient (Wildman–Crippen LogP) is 3.33. The van der Waals surface area contributed by atoms with Gasteiger partial charge in [0.2, 0.25) is 0 Å². The summed E-state index contributed by atoms with van der Waals surface area (Å²) in [6, 6.07) is 7.15. The van der Waals surface area contributed by atoms with E-state index in [1.807, 2.05) is 48.9 Å². The quantitative estimate of drug-likeness (QED) is 0.750. The average Bonchev–Trinajstić information content (AvgIpc) is 3.08.